The Bertz CT molecular complexity index is 3350. The summed E-state index contributed by atoms with van der Waals surface area (Å²) in [4.78, 5) is 33.0. The molecule has 1 aliphatic heterocycles. The zero-order valence-electron chi connectivity index (χ0n) is 49.9. The van der Waals surface area contributed by atoms with Crippen LogP contribution in [0, 0.1) is 63.0 Å². The number of pyridine rings is 2. The summed E-state index contributed by atoms with van der Waals surface area (Å²) in [5.41, 5.74) is 11.3. The van der Waals surface area contributed by atoms with Crippen LogP contribution in [0.25, 0.3) is 11.1 Å². The average molecular weight is 1220 g/mol. The van der Waals surface area contributed by atoms with Crippen molar-refractivity contribution in [2.24, 2.45) is 23.7 Å². The fourth-order valence-electron chi connectivity index (χ4n) is 11.7. The van der Waals surface area contributed by atoms with Crippen LogP contribution in [-0.2, 0) is 54.4 Å². The van der Waals surface area contributed by atoms with Crippen molar-refractivity contribution in [1.29, 1.82) is 0 Å². The SMILES string of the molecule is CCOC(=O)[C@H]1[C@@H]2Cc3cc(OCc4cc(-c5c(C)cc(OC[C@H](C)O)cc5C)ccc4F)ncc3[C@@H]21.CCOC(=O)[C@H]1[C@@H]2Cc3cc(OCc4cc(B5OC(C)(C)C(C)(C)O5)ccc4F)ncc3[C@@H]21.Cc1cc(OC[C@H](C)O)cc(C)c1Br. The van der Waals surface area contributed by atoms with Crippen molar-refractivity contribution in [3.8, 4) is 34.4 Å². The lowest BCUT2D eigenvalue weighted by atomic mass is 9.78. The number of rotatable bonds is 18. The molecule has 0 radical (unpaired) electrons. The van der Waals surface area contributed by atoms with E-state index in [1.165, 1.54) is 12.1 Å². The van der Waals surface area contributed by atoms with E-state index < -0.39 is 30.5 Å². The molecule has 1 saturated heterocycles. The highest BCUT2D eigenvalue weighted by Crippen LogP contribution is 2.63. The molecule has 0 bridgehead atoms. The van der Waals surface area contributed by atoms with Crippen LogP contribution in [0.3, 0.4) is 0 Å². The number of benzene rings is 4. The van der Waals surface area contributed by atoms with Gasteiger partial charge in [-0.3, -0.25) is 9.59 Å². The second-order valence-corrected chi connectivity index (χ2v) is 24.5. The molecule has 3 fully saturated rings. The van der Waals surface area contributed by atoms with Gasteiger partial charge in [0.2, 0.25) is 11.8 Å². The van der Waals surface area contributed by atoms with Gasteiger partial charge in [-0.05, 0) is 211 Å². The molecule has 84 heavy (non-hydrogen) atoms. The molecule has 4 aromatic carbocycles. The Morgan fingerprint density at radius 1 is 0.643 bits per heavy atom. The maximum absolute atomic E-state index is 14.7. The second kappa shape index (κ2) is 25.6. The van der Waals surface area contributed by atoms with E-state index in [4.69, 9.17) is 42.8 Å². The molecule has 18 heteroatoms. The molecule has 2 aromatic heterocycles. The van der Waals surface area contributed by atoms with Crippen LogP contribution in [0.2, 0.25) is 0 Å². The number of carbonyl (C=O) groups is 2. The number of ether oxygens (including phenoxy) is 6. The minimum atomic E-state index is -0.563. The van der Waals surface area contributed by atoms with Gasteiger partial charge >= 0.3 is 19.1 Å². The Balaban J connectivity index is 0.000000165. The van der Waals surface area contributed by atoms with Crippen LogP contribution in [-0.4, -0.2) is 89.1 Å². The third kappa shape index (κ3) is 13.8. The average Bonchev–Trinajstić information content (AvgIpc) is 2.29. The zero-order valence-corrected chi connectivity index (χ0v) is 51.5. The molecule has 446 valence electrons. The maximum atomic E-state index is 14.7. The van der Waals surface area contributed by atoms with E-state index >= 15 is 0 Å². The minimum Gasteiger partial charge on any atom is -0.491 e. The Morgan fingerprint density at radius 2 is 1.07 bits per heavy atom. The molecule has 2 saturated carbocycles. The molecule has 4 aliphatic carbocycles. The largest absolute Gasteiger partial charge is 0.494 e. The zero-order chi connectivity index (χ0) is 60.5. The summed E-state index contributed by atoms with van der Waals surface area (Å²) in [5, 5.41) is 18.6. The molecule has 8 atom stereocenters. The summed E-state index contributed by atoms with van der Waals surface area (Å²) >= 11 is 3.49. The highest BCUT2D eigenvalue weighted by molar-refractivity contribution is 9.10. The maximum Gasteiger partial charge on any atom is 0.494 e. The van der Waals surface area contributed by atoms with Crippen molar-refractivity contribution >= 4 is 40.4 Å². The highest BCUT2D eigenvalue weighted by atomic mass is 79.9. The van der Waals surface area contributed by atoms with Gasteiger partial charge in [0, 0.05) is 52.0 Å². The van der Waals surface area contributed by atoms with Crippen molar-refractivity contribution in [1.82, 2.24) is 9.97 Å². The summed E-state index contributed by atoms with van der Waals surface area (Å²) in [6.45, 7) is 24.4. The Hall–Kier alpha value is -6.44. The molecular formula is C66H76BBrF2N2O12. The second-order valence-electron chi connectivity index (χ2n) is 23.7. The van der Waals surface area contributed by atoms with E-state index in [1.54, 1.807) is 44.4 Å². The van der Waals surface area contributed by atoms with Crippen molar-refractivity contribution in [3.63, 3.8) is 0 Å². The standard InChI is InChI=1S/C30H32FNO5.C25H29BFNO5.C11H15BrO2/c1-5-35-30(34)29-23-11-20-12-26(32-13-24(20)28(23)29)37-15-21-10-19(6-7-25(21)31)27-16(2)8-22(9-17(27)3)36-14-18(4)33;1-6-30-23(29)22-17-10-14-11-20(28-12-18(14)21(17)22)31-13-15-9-16(7-8-19(15)27)26-32-24(2,3)25(4,5)33-26;1-7-4-10(14-6-9(3)13)5-8(2)11(7)12/h6-10,12-13,18,23,28-29,33H,5,11,14-15H2,1-4H3;7-9,11-12,17,21-22H,6,10,13H2,1-5H3;4-5,9,13H,6H2,1-3H3/t18-,23+,28+,29-;17-,21-,22+;9-/m010/s1. The van der Waals surface area contributed by atoms with Crippen LogP contribution in [0.1, 0.15) is 123 Å². The number of hydrogen-bond acceptors (Lipinski definition) is 14. The monoisotopic (exact) mass is 1220 g/mol. The van der Waals surface area contributed by atoms with Gasteiger partial charge in [0.25, 0.3) is 0 Å². The summed E-state index contributed by atoms with van der Waals surface area (Å²) in [7, 11) is -0.563. The number of aliphatic hydroxyl groups is 2. The summed E-state index contributed by atoms with van der Waals surface area (Å²) in [6.07, 6.45) is 4.21. The van der Waals surface area contributed by atoms with E-state index in [0.29, 0.717) is 54.4 Å². The number of aryl methyl sites for hydroxylation is 4. The Kier molecular flexibility index (Phi) is 19.0. The summed E-state index contributed by atoms with van der Waals surface area (Å²) in [6, 6.07) is 21.4. The predicted molar refractivity (Wildman–Crippen MR) is 319 cm³/mol. The fraction of sp³-hybridized carbons (Fsp3) is 0.455. The molecular weight excluding hydrogens is 1140 g/mol. The number of carbonyl (C=O) groups excluding carboxylic acids is 2. The third-order valence-corrected chi connectivity index (χ3v) is 17.9. The van der Waals surface area contributed by atoms with E-state index in [-0.39, 0.29) is 73.0 Å². The van der Waals surface area contributed by atoms with Gasteiger partial charge in [0.15, 0.2) is 0 Å². The summed E-state index contributed by atoms with van der Waals surface area (Å²) in [5.74, 6) is 2.36. The van der Waals surface area contributed by atoms with Gasteiger partial charge < -0.3 is 47.9 Å². The quantitative estimate of drug-likeness (QED) is 0.0614. The lowest BCUT2D eigenvalue weighted by Crippen LogP contribution is -2.41. The first-order chi connectivity index (χ1) is 39.9. The molecule has 5 aliphatic rings. The van der Waals surface area contributed by atoms with Crippen molar-refractivity contribution < 1.29 is 66.3 Å². The predicted octanol–water partition coefficient (Wildman–Crippen LogP) is 11.7. The van der Waals surface area contributed by atoms with Crippen LogP contribution >= 0.6 is 15.9 Å². The molecule has 2 N–H and O–H groups in total. The number of hydrogen-bond donors (Lipinski definition) is 2. The van der Waals surface area contributed by atoms with E-state index in [9.17, 15) is 23.5 Å². The summed E-state index contributed by atoms with van der Waals surface area (Å²) < 4.78 is 75.6. The van der Waals surface area contributed by atoms with Gasteiger partial charge in [-0.1, -0.05) is 34.1 Å². The van der Waals surface area contributed by atoms with Crippen LogP contribution < -0.4 is 24.4 Å². The van der Waals surface area contributed by atoms with E-state index in [1.807, 2.05) is 112 Å². The molecule has 0 spiro atoms. The topological polar surface area (TPSA) is 174 Å². The Morgan fingerprint density at radius 3 is 1.51 bits per heavy atom. The number of fused-ring (bicyclic) bond motifs is 6. The van der Waals surface area contributed by atoms with Gasteiger partial charge in [-0.15, -0.1) is 0 Å². The van der Waals surface area contributed by atoms with Gasteiger partial charge in [-0.2, -0.15) is 0 Å². The molecule has 11 rings (SSSR count). The fourth-order valence-corrected chi connectivity index (χ4v) is 11.9. The smallest absolute Gasteiger partial charge is 0.491 e. The molecule has 3 heterocycles. The van der Waals surface area contributed by atoms with Gasteiger partial charge in [-0.25, -0.2) is 18.7 Å². The van der Waals surface area contributed by atoms with E-state index in [2.05, 4.69) is 25.9 Å². The lowest BCUT2D eigenvalue weighted by Gasteiger charge is -2.32. The number of aromatic nitrogens is 2. The first kappa shape index (κ1) is 62.1. The van der Waals surface area contributed by atoms with Crippen molar-refractivity contribution in [2.75, 3.05) is 26.4 Å². The number of nitrogens with zero attached hydrogens (tertiary/aromatic N) is 2. The van der Waals surface area contributed by atoms with Crippen LogP contribution in [0.15, 0.2) is 89.7 Å². The lowest BCUT2D eigenvalue weighted by molar-refractivity contribution is -0.146. The normalized spacial score (nSPS) is 21.2. The molecule has 14 nitrogen and oxygen atoms in total. The first-order valence-electron chi connectivity index (χ1n) is 28.9. The third-order valence-electron chi connectivity index (χ3n) is 16.7. The number of aliphatic hydroxyl groups excluding tert-OH is 2. The van der Waals surface area contributed by atoms with Crippen molar-refractivity contribution in [2.45, 2.75) is 144 Å². The number of esters is 2. The van der Waals surface area contributed by atoms with Crippen LogP contribution in [0.5, 0.6) is 23.3 Å². The van der Waals surface area contributed by atoms with Crippen LogP contribution in [0.4, 0.5) is 8.78 Å². The number of halogens is 3. The Labute approximate surface area is 500 Å². The van der Waals surface area contributed by atoms with E-state index in [0.717, 1.165) is 84.2 Å². The molecule has 0 unspecified atom stereocenters. The molecule has 6 aromatic rings. The first-order valence-corrected chi connectivity index (χ1v) is 29.7. The van der Waals surface area contributed by atoms with Gasteiger partial charge in [0.1, 0.15) is 49.6 Å². The van der Waals surface area contributed by atoms with Gasteiger partial charge in [0.05, 0.1) is 48.5 Å². The van der Waals surface area contributed by atoms with Crippen molar-refractivity contribution in [3.05, 3.63) is 157 Å². The minimum absolute atomic E-state index is 0.0437. The highest BCUT2D eigenvalue weighted by Gasteiger charge is 2.61. The molecule has 0 amide bonds.